The summed E-state index contributed by atoms with van der Waals surface area (Å²) >= 11 is 0. The Balaban J connectivity index is 2.22. The summed E-state index contributed by atoms with van der Waals surface area (Å²) < 4.78 is 15.1. The second-order valence-electron chi connectivity index (χ2n) is 4.46. The maximum atomic E-state index is 13.3. The molecule has 0 aliphatic rings. The van der Waals surface area contributed by atoms with Crippen LogP contribution in [0.3, 0.4) is 0 Å². The van der Waals surface area contributed by atoms with Crippen molar-refractivity contribution in [3.63, 3.8) is 0 Å². The van der Waals surface area contributed by atoms with Gasteiger partial charge in [0, 0.05) is 25.4 Å². The first-order valence-electron chi connectivity index (χ1n) is 6.51. The summed E-state index contributed by atoms with van der Waals surface area (Å²) in [6.45, 7) is 2.65. The lowest BCUT2D eigenvalue weighted by molar-refractivity contribution is -0.120. The molecule has 0 aliphatic heterocycles. The van der Waals surface area contributed by atoms with Crippen LogP contribution < -0.4 is 5.32 Å². The molecular weight excluding hydrogens is 245 g/mol. The number of rotatable bonds is 5. The molecule has 0 radical (unpaired) electrons. The summed E-state index contributed by atoms with van der Waals surface area (Å²) in [6.07, 6.45) is 1.95. The number of hydrogen-bond acceptors (Lipinski definition) is 2. The summed E-state index contributed by atoms with van der Waals surface area (Å²) in [5.74, 6) is -0.249. The first-order chi connectivity index (χ1) is 9.15. The molecule has 1 aromatic carbocycles. The highest BCUT2D eigenvalue weighted by atomic mass is 19.1. The molecule has 0 saturated heterocycles. The molecule has 4 nitrogen and oxygen atoms in total. The number of fused-ring (bicyclic) bond motifs is 1. The van der Waals surface area contributed by atoms with E-state index in [-0.39, 0.29) is 11.7 Å². The number of aromatic nitrogens is 2. The van der Waals surface area contributed by atoms with E-state index in [9.17, 15) is 9.18 Å². The SMILES string of the molecule is CCc1nn(CCCC(=O)NC)c2cc(F)ccc12. The van der Waals surface area contributed by atoms with Crippen LogP contribution in [0.5, 0.6) is 0 Å². The van der Waals surface area contributed by atoms with Crippen molar-refractivity contribution < 1.29 is 9.18 Å². The normalized spacial score (nSPS) is 10.9. The number of hydrogen-bond donors (Lipinski definition) is 1. The largest absolute Gasteiger partial charge is 0.359 e. The number of benzene rings is 1. The first kappa shape index (κ1) is 13.5. The van der Waals surface area contributed by atoms with E-state index >= 15 is 0 Å². The molecule has 1 aromatic heterocycles. The molecule has 1 N–H and O–H groups in total. The highest BCUT2D eigenvalue weighted by Crippen LogP contribution is 2.20. The molecule has 0 bridgehead atoms. The predicted octanol–water partition coefficient (Wildman–Crippen LogP) is 2.26. The Kier molecular flexibility index (Phi) is 4.14. The van der Waals surface area contributed by atoms with E-state index in [2.05, 4.69) is 10.4 Å². The van der Waals surface area contributed by atoms with Gasteiger partial charge < -0.3 is 5.32 Å². The van der Waals surface area contributed by atoms with Crippen LogP contribution in [0.15, 0.2) is 18.2 Å². The molecule has 1 heterocycles. The van der Waals surface area contributed by atoms with Crippen LogP contribution in [0.25, 0.3) is 10.9 Å². The van der Waals surface area contributed by atoms with Gasteiger partial charge in [-0.15, -0.1) is 0 Å². The highest BCUT2D eigenvalue weighted by Gasteiger charge is 2.10. The summed E-state index contributed by atoms with van der Waals surface area (Å²) in [5, 5.41) is 8.06. The van der Waals surface area contributed by atoms with E-state index in [0.717, 1.165) is 23.0 Å². The number of nitrogens with one attached hydrogen (secondary N) is 1. The van der Waals surface area contributed by atoms with Crippen molar-refractivity contribution in [2.75, 3.05) is 7.05 Å². The second-order valence-corrected chi connectivity index (χ2v) is 4.46. The highest BCUT2D eigenvalue weighted by molar-refractivity contribution is 5.82. The van der Waals surface area contributed by atoms with Crippen LogP contribution in [-0.4, -0.2) is 22.7 Å². The maximum Gasteiger partial charge on any atom is 0.219 e. The molecule has 2 aromatic rings. The third-order valence-electron chi connectivity index (χ3n) is 3.18. The number of halogens is 1. The fourth-order valence-electron chi connectivity index (χ4n) is 2.16. The van der Waals surface area contributed by atoms with Crippen molar-refractivity contribution in [1.82, 2.24) is 15.1 Å². The monoisotopic (exact) mass is 263 g/mol. The van der Waals surface area contributed by atoms with Crippen LogP contribution >= 0.6 is 0 Å². The van der Waals surface area contributed by atoms with Gasteiger partial charge in [-0.05, 0) is 31.0 Å². The molecule has 102 valence electrons. The number of nitrogens with zero attached hydrogens (tertiary/aromatic N) is 2. The average Bonchev–Trinajstić information content (AvgIpc) is 2.76. The molecule has 2 rings (SSSR count). The van der Waals surface area contributed by atoms with Gasteiger partial charge in [-0.2, -0.15) is 5.10 Å². The summed E-state index contributed by atoms with van der Waals surface area (Å²) in [7, 11) is 1.62. The second kappa shape index (κ2) is 5.82. The maximum absolute atomic E-state index is 13.3. The Morgan fingerprint density at radius 1 is 1.47 bits per heavy atom. The van der Waals surface area contributed by atoms with Gasteiger partial charge in [0.05, 0.1) is 11.2 Å². The number of amides is 1. The van der Waals surface area contributed by atoms with Gasteiger partial charge in [-0.1, -0.05) is 6.92 Å². The lowest BCUT2D eigenvalue weighted by atomic mass is 10.2. The van der Waals surface area contributed by atoms with E-state index in [1.165, 1.54) is 12.1 Å². The van der Waals surface area contributed by atoms with Gasteiger partial charge in [0.15, 0.2) is 0 Å². The zero-order valence-electron chi connectivity index (χ0n) is 11.2. The molecule has 0 unspecified atom stereocenters. The van der Waals surface area contributed by atoms with Gasteiger partial charge in [-0.25, -0.2) is 4.39 Å². The third kappa shape index (κ3) is 2.92. The average molecular weight is 263 g/mol. The molecule has 19 heavy (non-hydrogen) atoms. The molecule has 0 atom stereocenters. The van der Waals surface area contributed by atoms with Gasteiger partial charge in [0.25, 0.3) is 0 Å². The predicted molar refractivity (Wildman–Crippen MR) is 72.4 cm³/mol. The summed E-state index contributed by atoms with van der Waals surface area (Å²) in [6, 6.07) is 4.73. The van der Waals surface area contributed by atoms with Crippen LogP contribution in [0.1, 0.15) is 25.5 Å². The Morgan fingerprint density at radius 3 is 2.95 bits per heavy atom. The minimum atomic E-state index is -0.261. The Hall–Kier alpha value is -1.91. The Labute approximate surface area is 111 Å². The van der Waals surface area contributed by atoms with Crippen molar-refractivity contribution in [3.05, 3.63) is 29.7 Å². The van der Waals surface area contributed by atoms with Crippen LogP contribution in [0.4, 0.5) is 4.39 Å². The smallest absolute Gasteiger partial charge is 0.219 e. The van der Waals surface area contributed by atoms with E-state index in [4.69, 9.17) is 0 Å². The van der Waals surface area contributed by atoms with Crippen LogP contribution in [-0.2, 0) is 17.8 Å². The van der Waals surface area contributed by atoms with Gasteiger partial charge >= 0.3 is 0 Å². The van der Waals surface area contributed by atoms with Crippen molar-refractivity contribution in [1.29, 1.82) is 0 Å². The quantitative estimate of drug-likeness (QED) is 0.899. The molecular formula is C14H18FN3O. The van der Waals surface area contributed by atoms with Gasteiger partial charge in [0.1, 0.15) is 5.82 Å². The molecule has 0 aliphatic carbocycles. The first-order valence-corrected chi connectivity index (χ1v) is 6.51. The minimum absolute atomic E-state index is 0.0124. The number of carbonyl (C=O) groups excluding carboxylic acids is 1. The molecule has 0 fully saturated rings. The van der Waals surface area contributed by atoms with E-state index in [1.54, 1.807) is 17.8 Å². The van der Waals surface area contributed by atoms with Gasteiger partial charge in [0.2, 0.25) is 5.91 Å². The fraction of sp³-hybridized carbons (Fsp3) is 0.429. The van der Waals surface area contributed by atoms with Crippen molar-refractivity contribution in [2.24, 2.45) is 0 Å². The van der Waals surface area contributed by atoms with Crippen molar-refractivity contribution in [3.8, 4) is 0 Å². The summed E-state index contributed by atoms with van der Waals surface area (Å²) in [4.78, 5) is 11.2. The Morgan fingerprint density at radius 2 is 2.26 bits per heavy atom. The van der Waals surface area contributed by atoms with Crippen molar-refractivity contribution in [2.45, 2.75) is 32.7 Å². The standard InChI is InChI=1S/C14H18FN3O/c1-3-12-11-7-6-10(15)9-13(11)18(17-12)8-4-5-14(19)16-2/h6-7,9H,3-5,8H2,1-2H3,(H,16,19). The van der Waals surface area contributed by atoms with E-state index < -0.39 is 0 Å². The number of aryl methyl sites for hydroxylation is 2. The van der Waals surface area contributed by atoms with E-state index in [0.29, 0.717) is 19.4 Å². The fourth-order valence-corrected chi connectivity index (χ4v) is 2.16. The number of carbonyl (C=O) groups is 1. The summed E-state index contributed by atoms with van der Waals surface area (Å²) in [5.41, 5.74) is 1.77. The zero-order valence-corrected chi connectivity index (χ0v) is 11.2. The Bertz CT molecular complexity index is 592. The topological polar surface area (TPSA) is 46.9 Å². The lowest BCUT2D eigenvalue weighted by Crippen LogP contribution is -2.17. The minimum Gasteiger partial charge on any atom is -0.359 e. The van der Waals surface area contributed by atoms with Crippen LogP contribution in [0, 0.1) is 5.82 Å². The molecule has 0 saturated carbocycles. The van der Waals surface area contributed by atoms with Crippen LogP contribution in [0.2, 0.25) is 0 Å². The third-order valence-corrected chi connectivity index (χ3v) is 3.18. The molecule has 1 amide bonds. The van der Waals surface area contributed by atoms with Crippen molar-refractivity contribution >= 4 is 16.8 Å². The zero-order chi connectivity index (χ0) is 13.8. The lowest BCUT2D eigenvalue weighted by Gasteiger charge is -2.03. The van der Waals surface area contributed by atoms with E-state index in [1.807, 2.05) is 6.92 Å². The molecule has 0 spiro atoms. The van der Waals surface area contributed by atoms with Gasteiger partial charge in [-0.3, -0.25) is 9.48 Å². The molecule has 5 heteroatoms.